The van der Waals surface area contributed by atoms with E-state index in [1.165, 1.54) is 0 Å². The number of carbonyl (C=O) groups is 2. The van der Waals surface area contributed by atoms with Gasteiger partial charge in [0.1, 0.15) is 0 Å². The highest BCUT2D eigenvalue weighted by molar-refractivity contribution is 7.47. The van der Waals surface area contributed by atoms with Gasteiger partial charge in [-0.25, -0.2) is 14.2 Å². The average Bonchev–Trinajstić information content (AvgIpc) is 2.65. The molecule has 0 bridgehead atoms. The zero-order valence-corrected chi connectivity index (χ0v) is 19.3. The lowest BCUT2D eigenvalue weighted by atomic mass is 10.2. The molecule has 0 fully saturated rings. The maximum Gasteiger partial charge on any atom is 0.472 e. The number of phosphoric acid groups is 1. The van der Waals surface area contributed by atoms with Crippen molar-refractivity contribution in [3.63, 3.8) is 0 Å². The molecule has 0 saturated carbocycles. The van der Waals surface area contributed by atoms with Gasteiger partial charge in [0.15, 0.2) is 0 Å². The number of hydrogen-bond donors (Lipinski definition) is 2. The van der Waals surface area contributed by atoms with E-state index < -0.39 is 19.8 Å². The van der Waals surface area contributed by atoms with Crippen LogP contribution in [0.25, 0.3) is 0 Å². The lowest BCUT2D eigenvalue weighted by molar-refractivity contribution is -0.139. The summed E-state index contributed by atoms with van der Waals surface area (Å²) in [6, 6.07) is 0. The average molecular weight is 451 g/mol. The molecule has 0 heterocycles. The number of rotatable bonds is 18. The molecule has 0 aliphatic heterocycles. The Morgan fingerprint density at radius 3 is 1.30 bits per heavy atom. The molecule has 0 aliphatic carbocycles. The first-order valence-electron chi connectivity index (χ1n) is 9.93. The van der Waals surface area contributed by atoms with Crippen LogP contribution in [0.3, 0.4) is 0 Å². The Morgan fingerprint density at radius 1 is 0.700 bits per heavy atom. The third kappa shape index (κ3) is 18.5. The van der Waals surface area contributed by atoms with Crippen LogP contribution >= 0.6 is 7.82 Å². The molecule has 4 N–H and O–H groups in total. The van der Waals surface area contributed by atoms with Crippen LogP contribution in [-0.4, -0.2) is 43.3 Å². The quantitative estimate of drug-likeness (QED) is 0.132. The SMILES string of the molecule is C=C(C)C(=O)OCCCCCCOP(=O)(O)OCCCCCCOC(=O)C(=C)C.N. The molecule has 0 spiro atoms. The summed E-state index contributed by atoms with van der Waals surface area (Å²) in [4.78, 5) is 31.9. The summed E-state index contributed by atoms with van der Waals surface area (Å²) >= 11 is 0. The molecule has 9 nitrogen and oxygen atoms in total. The smallest absolute Gasteiger partial charge is 0.462 e. The third-order valence-corrected chi connectivity index (χ3v) is 4.77. The zero-order chi connectivity index (χ0) is 22.1. The second-order valence-electron chi connectivity index (χ2n) is 6.80. The molecule has 0 rings (SSSR count). The Labute approximate surface area is 180 Å². The molecule has 0 unspecified atom stereocenters. The summed E-state index contributed by atoms with van der Waals surface area (Å²) in [5.41, 5.74) is 0.752. The van der Waals surface area contributed by atoms with Crippen LogP contribution in [0.4, 0.5) is 0 Å². The Balaban J connectivity index is 0. The fourth-order valence-electron chi connectivity index (χ4n) is 2.09. The van der Waals surface area contributed by atoms with Crippen molar-refractivity contribution in [1.82, 2.24) is 6.15 Å². The van der Waals surface area contributed by atoms with Crippen LogP contribution in [0.2, 0.25) is 0 Å². The minimum atomic E-state index is -4.02. The molecule has 0 saturated heterocycles. The Kier molecular flexibility index (Phi) is 18.7. The molecule has 0 amide bonds. The predicted molar refractivity (Wildman–Crippen MR) is 115 cm³/mol. The van der Waals surface area contributed by atoms with Gasteiger partial charge in [-0.15, -0.1) is 0 Å². The molecule has 0 aromatic heterocycles. The lowest BCUT2D eigenvalue weighted by Crippen LogP contribution is -2.06. The predicted octanol–water partition coefficient (Wildman–Crippen LogP) is 4.64. The van der Waals surface area contributed by atoms with Gasteiger partial charge in [0.2, 0.25) is 0 Å². The van der Waals surface area contributed by atoms with Gasteiger partial charge in [-0.05, 0) is 52.4 Å². The molecule has 0 radical (unpaired) electrons. The van der Waals surface area contributed by atoms with Gasteiger partial charge in [-0.2, -0.15) is 0 Å². The van der Waals surface area contributed by atoms with E-state index >= 15 is 0 Å². The van der Waals surface area contributed by atoms with Crippen molar-refractivity contribution in [1.29, 1.82) is 0 Å². The largest absolute Gasteiger partial charge is 0.472 e. The number of hydrogen-bond acceptors (Lipinski definition) is 8. The van der Waals surface area contributed by atoms with E-state index in [0.29, 0.717) is 37.2 Å². The van der Waals surface area contributed by atoms with Gasteiger partial charge in [-0.1, -0.05) is 26.0 Å². The van der Waals surface area contributed by atoms with Gasteiger partial charge in [0.05, 0.1) is 26.4 Å². The van der Waals surface area contributed by atoms with E-state index in [1.54, 1.807) is 13.8 Å². The van der Waals surface area contributed by atoms with E-state index in [2.05, 4.69) is 13.2 Å². The van der Waals surface area contributed by atoms with Crippen LogP contribution in [0, 0.1) is 0 Å². The van der Waals surface area contributed by atoms with Crippen molar-refractivity contribution >= 4 is 19.8 Å². The first-order chi connectivity index (χ1) is 13.7. The fourth-order valence-corrected chi connectivity index (χ4v) is 2.88. The molecular formula is C20H38NO8P. The Bertz CT molecular complexity index is 533. The lowest BCUT2D eigenvalue weighted by Gasteiger charge is -2.12. The van der Waals surface area contributed by atoms with Crippen molar-refractivity contribution < 1.29 is 37.6 Å². The molecular weight excluding hydrogens is 413 g/mol. The van der Waals surface area contributed by atoms with Crippen LogP contribution in [0.5, 0.6) is 0 Å². The molecule has 10 heteroatoms. The van der Waals surface area contributed by atoms with Gasteiger partial charge in [-0.3, -0.25) is 9.05 Å². The molecule has 0 aromatic rings. The summed E-state index contributed by atoms with van der Waals surface area (Å²) in [6.45, 7) is 11.1. The highest BCUT2D eigenvalue weighted by Crippen LogP contribution is 2.43. The Morgan fingerprint density at radius 2 is 1.00 bits per heavy atom. The van der Waals surface area contributed by atoms with E-state index in [1.807, 2.05) is 0 Å². The van der Waals surface area contributed by atoms with Crippen LogP contribution in [-0.2, 0) is 32.7 Å². The topological polar surface area (TPSA) is 143 Å². The molecule has 0 aromatic carbocycles. The fraction of sp³-hybridized carbons (Fsp3) is 0.700. The molecule has 30 heavy (non-hydrogen) atoms. The summed E-state index contributed by atoms with van der Waals surface area (Å²) < 4.78 is 31.5. The van der Waals surface area contributed by atoms with Gasteiger partial charge >= 0.3 is 19.8 Å². The summed E-state index contributed by atoms with van der Waals surface area (Å²) in [5, 5.41) is 0. The highest BCUT2D eigenvalue weighted by Gasteiger charge is 2.19. The first-order valence-corrected chi connectivity index (χ1v) is 11.4. The normalized spacial score (nSPS) is 10.8. The van der Waals surface area contributed by atoms with Crippen molar-refractivity contribution in [2.24, 2.45) is 0 Å². The number of carbonyl (C=O) groups excluding carboxylic acids is 2. The number of ether oxygens (including phenoxy) is 2. The van der Waals surface area contributed by atoms with Crippen LogP contribution in [0.15, 0.2) is 24.3 Å². The van der Waals surface area contributed by atoms with E-state index in [0.717, 1.165) is 38.5 Å². The minimum Gasteiger partial charge on any atom is -0.462 e. The monoisotopic (exact) mass is 451 g/mol. The van der Waals surface area contributed by atoms with Gasteiger partial charge in [0.25, 0.3) is 0 Å². The van der Waals surface area contributed by atoms with Gasteiger partial charge < -0.3 is 20.5 Å². The summed E-state index contributed by atoms with van der Waals surface area (Å²) in [6.07, 6.45) is 5.91. The van der Waals surface area contributed by atoms with Crippen LogP contribution in [0.1, 0.15) is 65.2 Å². The summed E-state index contributed by atoms with van der Waals surface area (Å²) in [7, 11) is -4.02. The van der Waals surface area contributed by atoms with Crippen molar-refractivity contribution in [2.45, 2.75) is 65.2 Å². The van der Waals surface area contributed by atoms with Crippen molar-refractivity contribution in [3.05, 3.63) is 24.3 Å². The molecule has 176 valence electrons. The summed E-state index contributed by atoms with van der Waals surface area (Å²) in [5.74, 6) is -0.782. The maximum absolute atomic E-state index is 11.7. The Hall–Kier alpha value is -1.51. The molecule has 0 atom stereocenters. The second kappa shape index (κ2) is 18.3. The van der Waals surface area contributed by atoms with Gasteiger partial charge in [0, 0.05) is 11.1 Å². The second-order valence-corrected chi connectivity index (χ2v) is 8.25. The van der Waals surface area contributed by atoms with E-state index in [9.17, 15) is 19.0 Å². The number of unbranched alkanes of at least 4 members (excludes halogenated alkanes) is 6. The standard InChI is InChI=1S/C20H35O8P.H3N/c1-17(2)19(21)25-13-9-5-7-11-15-27-29(23,24)28-16-12-8-6-10-14-26-20(22)18(3)4;/h1,3,5-16H2,2,4H3,(H,23,24);1H3. The van der Waals surface area contributed by atoms with E-state index in [-0.39, 0.29) is 19.4 Å². The molecule has 0 aliphatic rings. The highest BCUT2D eigenvalue weighted by atomic mass is 31.2. The van der Waals surface area contributed by atoms with Crippen molar-refractivity contribution in [2.75, 3.05) is 26.4 Å². The van der Waals surface area contributed by atoms with E-state index in [4.69, 9.17) is 18.5 Å². The number of esters is 2. The van der Waals surface area contributed by atoms with Crippen LogP contribution < -0.4 is 6.15 Å². The minimum absolute atomic E-state index is 0. The number of phosphoric ester groups is 1. The zero-order valence-electron chi connectivity index (χ0n) is 18.4. The third-order valence-electron chi connectivity index (χ3n) is 3.75. The first kappa shape index (κ1) is 30.7. The maximum atomic E-state index is 11.7. The van der Waals surface area contributed by atoms with Crippen molar-refractivity contribution in [3.8, 4) is 0 Å².